The van der Waals surface area contributed by atoms with E-state index >= 15 is 0 Å². The fourth-order valence-electron chi connectivity index (χ4n) is 3.39. The molecule has 0 radical (unpaired) electrons. The Balaban J connectivity index is 1.56. The highest BCUT2D eigenvalue weighted by Crippen LogP contribution is 2.30. The molecule has 3 aliphatic rings. The number of carbonyl (C=O) groups excluding carboxylic acids is 3. The molecule has 20 heavy (non-hydrogen) atoms. The molecule has 1 aliphatic carbocycles. The zero-order chi connectivity index (χ0) is 14.1. The molecular formula is C14H20N2O3S. The Labute approximate surface area is 122 Å². The molecule has 2 aliphatic heterocycles. The summed E-state index contributed by atoms with van der Waals surface area (Å²) < 4.78 is 0. The van der Waals surface area contributed by atoms with Crippen molar-refractivity contribution >= 4 is 28.7 Å². The second kappa shape index (κ2) is 5.76. The van der Waals surface area contributed by atoms with Gasteiger partial charge in [-0.3, -0.25) is 14.4 Å². The van der Waals surface area contributed by atoms with E-state index in [1.165, 1.54) is 24.6 Å². The van der Waals surface area contributed by atoms with Crippen LogP contribution in [0.2, 0.25) is 0 Å². The van der Waals surface area contributed by atoms with Gasteiger partial charge < -0.3 is 10.2 Å². The molecule has 0 aromatic rings. The fraction of sp³-hybridized carbons (Fsp3) is 0.786. The van der Waals surface area contributed by atoms with Crippen LogP contribution in [-0.4, -0.2) is 46.2 Å². The average molecular weight is 296 g/mol. The van der Waals surface area contributed by atoms with Gasteiger partial charge in [-0.2, -0.15) is 0 Å². The first-order valence-corrected chi connectivity index (χ1v) is 8.40. The predicted octanol–water partition coefficient (Wildman–Crippen LogP) is 0.926. The largest absolute Gasteiger partial charge is 0.345 e. The summed E-state index contributed by atoms with van der Waals surface area (Å²) in [6.45, 7) is 0.531. The van der Waals surface area contributed by atoms with Gasteiger partial charge in [0, 0.05) is 24.8 Å². The number of amides is 2. The number of hydrogen-bond acceptors (Lipinski definition) is 4. The number of nitrogens with zero attached hydrogens (tertiary/aromatic N) is 1. The maximum Gasteiger partial charge on any atom is 0.226 e. The van der Waals surface area contributed by atoms with Crippen LogP contribution in [0.1, 0.15) is 38.5 Å². The minimum Gasteiger partial charge on any atom is -0.345 e. The van der Waals surface area contributed by atoms with Gasteiger partial charge in [-0.1, -0.05) is 24.6 Å². The number of nitrogens with one attached hydrogen (secondary N) is 1. The van der Waals surface area contributed by atoms with E-state index in [-0.39, 0.29) is 28.9 Å². The summed E-state index contributed by atoms with van der Waals surface area (Å²) in [6, 6.07) is -0.00731. The third-order valence-corrected chi connectivity index (χ3v) is 5.56. The summed E-state index contributed by atoms with van der Waals surface area (Å²) in [5.41, 5.74) is 0. The van der Waals surface area contributed by atoms with Crippen molar-refractivity contribution in [1.82, 2.24) is 10.2 Å². The van der Waals surface area contributed by atoms with Crippen LogP contribution in [-0.2, 0) is 14.4 Å². The van der Waals surface area contributed by atoms with Gasteiger partial charge in [0.15, 0.2) is 0 Å². The molecule has 0 aromatic carbocycles. The molecule has 0 bridgehead atoms. The van der Waals surface area contributed by atoms with Gasteiger partial charge >= 0.3 is 0 Å². The Morgan fingerprint density at radius 1 is 1.20 bits per heavy atom. The van der Waals surface area contributed by atoms with Crippen molar-refractivity contribution in [3.8, 4) is 0 Å². The predicted molar refractivity (Wildman–Crippen MR) is 76.1 cm³/mol. The molecule has 0 unspecified atom stereocenters. The van der Waals surface area contributed by atoms with Crippen LogP contribution in [0.25, 0.3) is 0 Å². The molecule has 1 N–H and O–H groups in total. The molecule has 2 heterocycles. The van der Waals surface area contributed by atoms with Gasteiger partial charge in [-0.15, -0.1) is 0 Å². The lowest BCUT2D eigenvalue weighted by atomic mass is 10.1. The Bertz CT molecular complexity index is 434. The van der Waals surface area contributed by atoms with Gasteiger partial charge in [-0.25, -0.2) is 0 Å². The first-order valence-electron chi connectivity index (χ1n) is 7.41. The van der Waals surface area contributed by atoms with Crippen molar-refractivity contribution in [3.05, 3.63) is 0 Å². The Morgan fingerprint density at radius 3 is 2.60 bits per heavy atom. The van der Waals surface area contributed by atoms with Crippen molar-refractivity contribution in [2.24, 2.45) is 5.92 Å². The maximum absolute atomic E-state index is 12.2. The second-order valence-corrected chi connectivity index (χ2v) is 7.00. The molecule has 2 amide bonds. The molecule has 0 aromatic heterocycles. The van der Waals surface area contributed by atoms with E-state index in [9.17, 15) is 14.4 Å². The Kier molecular flexibility index (Phi) is 4.01. The lowest BCUT2D eigenvalue weighted by molar-refractivity contribution is -0.130. The lowest BCUT2D eigenvalue weighted by Crippen LogP contribution is -2.42. The summed E-state index contributed by atoms with van der Waals surface area (Å²) in [5, 5.41) is 2.87. The minimum absolute atomic E-state index is 0.0512. The van der Waals surface area contributed by atoms with Crippen molar-refractivity contribution in [1.29, 1.82) is 0 Å². The quantitative estimate of drug-likeness (QED) is 0.841. The molecule has 5 nitrogen and oxygen atoms in total. The highest BCUT2D eigenvalue weighted by Gasteiger charge is 2.39. The summed E-state index contributed by atoms with van der Waals surface area (Å²) >= 11 is 1.28. The minimum atomic E-state index is -0.344. The number of rotatable bonds is 3. The standard InChI is InChI=1S/C14H20N2O3S/c17-12-7-9(8-16(12)10-3-1-2-4-10)13(18)15-11-5-6-20-14(11)19/h9-11H,1-8H2,(H,15,18)/t9-,11-/m0/s1. The Hall–Kier alpha value is -1.04. The fourth-order valence-corrected chi connectivity index (χ4v) is 4.33. The highest BCUT2D eigenvalue weighted by molar-refractivity contribution is 8.14. The van der Waals surface area contributed by atoms with Crippen molar-refractivity contribution in [2.75, 3.05) is 12.3 Å². The zero-order valence-corrected chi connectivity index (χ0v) is 12.3. The van der Waals surface area contributed by atoms with E-state index in [1.807, 2.05) is 4.90 Å². The molecule has 1 saturated carbocycles. The molecule has 0 spiro atoms. The van der Waals surface area contributed by atoms with Gasteiger partial charge in [0.25, 0.3) is 0 Å². The number of likely N-dealkylation sites (tertiary alicyclic amines) is 1. The molecule has 2 atom stereocenters. The van der Waals surface area contributed by atoms with Crippen LogP contribution < -0.4 is 5.32 Å². The maximum atomic E-state index is 12.2. The van der Waals surface area contributed by atoms with E-state index in [0.29, 0.717) is 25.4 Å². The SMILES string of the molecule is O=C(N[C@H]1CCSC1=O)[C@H]1CC(=O)N(C2CCCC2)C1. The summed E-state index contributed by atoms with van der Waals surface area (Å²) in [7, 11) is 0. The van der Waals surface area contributed by atoms with E-state index in [0.717, 1.165) is 18.6 Å². The Morgan fingerprint density at radius 2 is 1.95 bits per heavy atom. The molecule has 110 valence electrons. The van der Waals surface area contributed by atoms with Crippen LogP contribution in [0.3, 0.4) is 0 Å². The number of hydrogen-bond donors (Lipinski definition) is 1. The molecule has 2 saturated heterocycles. The normalized spacial score (nSPS) is 31.3. The molecule has 3 rings (SSSR count). The summed E-state index contributed by atoms with van der Waals surface area (Å²) in [5.74, 6) is 0.479. The van der Waals surface area contributed by atoms with E-state index in [4.69, 9.17) is 0 Å². The number of thioether (sulfide) groups is 1. The first kappa shape index (κ1) is 13.9. The third kappa shape index (κ3) is 2.71. The van der Waals surface area contributed by atoms with E-state index in [2.05, 4.69) is 5.32 Å². The summed E-state index contributed by atoms with van der Waals surface area (Å²) in [4.78, 5) is 37.7. The van der Waals surface area contributed by atoms with Gasteiger partial charge in [0.05, 0.1) is 12.0 Å². The first-order chi connectivity index (χ1) is 9.65. The number of carbonyl (C=O) groups is 3. The molecule has 6 heteroatoms. The van der Waals surface area contributed by atoms with Crippen LogP contribution in [0.15, 0.2) is 0 Å². The molecule has 3 fully saturated rings. The van der Waals surface area contributed by atoms with Crippen LogP contribution in [0, 0.1) is 5.92 Å². The van der Waals surface area contributed by atoms with Crippen molar-refractivity contribution in [2.45, 2.75) is 50.6 Å². The van der Waals surface area contributed by atoms with Crippen molar-refractivity contribution in [3.63, 3.8) is 0 Å². The van der Waals surface area contributed by atoms with Crippen LogP contribution in [0.5, 0.6) is 0 Å². The van der Waals surface area contributed by atoms with Gasteiger partial charge in [0.2, 0.25) is 16.9 Å². The van der Waals surface area contributed by atoms with Crippen LogP contribution >= 0.6 is 11.8 Å². The third-order valence-electron chi connectivity index (χ3n) is 4.55. The average Bonchev–Trinajstić information content (AvgIpc) is 3.11. The van der Waals surface area contributed by atoms with Gasteiger partial charge in [-0.05, 0) is 19.3 Å². The smallest absolute Gasteiger partial charge is 0.226 e. The summed E-state index contributed by atoms with van der Waals surface area (Å²) in [6.07, 6.45) is 5.51. The van der Waals surface area contributed by atoms with Crippen LogP contribution in [0.4, 0.5) is 0 Å². The topological polar surface area (TPSA) is 66.5 Å². The highest BCUT2D eigenvalue weighted by atomic mass is 32.2. The van der Waals surface area contributed by atoms with Gasteiger partial charge in [0.1, 0.15) is 0 Å². The second-order valence-electron chi connectivity index (χ2n) is 5.90. The molecular weight excluding hydrogens is 276 g/mol. The van der Waals surface area contributed by atoms with Crippen molar-refractivity contribution < 1.29 is 14.4 Å². The lowest BCUT2D eigenvalue weighted by Gasteiger charge is -2.24. The van der Waals surface area contributed by atoms with E-state index < -0.39 is 0 Å². The van der Waals surface area contributed by atoms with E-state index in [1.54, 1.807) is 0 Å². The zero-order valence-electron chi connectivity index (χ0n) is 11.5. The monoisotopic (exact) mass is 296 g/mol.